The molecular formula is C19H19BrN4O3. The number of halogens is 1. The number of anilines is 1. The van der Waals surface area contributed by atoms with E-state index in [1.165, 1.54) is 0 Å². The van der Waals surface area contributed by atoms with Crippen LogP contribution in [0.2, 0.25) is 0 Å². The molecule has 27 heavy (non-hydrogen) atoms. The van der Waals surface area contributed by atoms with Gasteiger partial charge < -0.3 is 19.1 Å². The largest absolute Gasteiger partial charge is 0.493 e. The van der Waals surface area contributed by atoms with Gasteiger partial charge in [0.15, 0.2) is 11.5 Å². The maximum Gasteiger partial charge on any atom is 0.162 e. The monoisotopic (exact) mass is 430 g/mol. The number of hydrogen-bond donors (Lipinski definition) is 0. The van der Waals surface area contributed by atoms with E-state index in [1.807, 2.05) is 18.2 Å². The summed E-state index contributed by atoms with van der Waals surface area (Å²) in [5.41, 5.74) is 0.818. The molecule has 0 amide bonds. The SMILES string of the molecule is COc1cc2ncnc(N3CCC(Oc4ccncc4Br)C3)c2cc1OC. The van der Waals surface area contributed by atoms with E-state index in [0.29, 0.717) is 11.5 Å². The summed E-state index contributed by atoms with van der Waals surface area (Å²) < 4.78 is 17.8. The summed E-state index contributed by atoms with van der Waals surface area (Å²) in [5.74, 6) is 2.99. The second-order valence-corrected chi connectivity index (χ2v) is 7.06. The van der Waals surface area contributed by atoms with E-state index in [2.05, 4.69) is 35.8 Å². The normalized spacial score (nSPS) is 16.6. The standard InChI is InChI=1S/C19H19BrN4O3/c1-25-17-7-13-15(8-18(17)26-2)22-11-23-19(13)24-6-4-12(10-24)27-16-3-5-21-9-14(16)20/h3,5,7-9,11-12H,4,6,10H2,1-2H3. The van der Waals surface area contributed by atoms with Crippen LogP contribution in [0.5, 0.6) is 17.2 Å². The van der Waals surface area contributed by atoms with Crippen LogP contribution in [-0.2, 0) is 0 Å². The van der Waals surface area contributed by atoms with Crippen LogP contribution in [0.15, 0.2) is 41.4 Å². The van der Waals surface area contributed by atoms with E-state index in [1.54, 1.807) is 32.9 Å². The van der Waals surface area contributed by atoms with Crippen molar-refractivity contribution in [3.8, 4) is 17.2 Å². The van der Waals surface area contributed by atoms with E-state index in [0.717, 1.165) is 46.5 Å². The molecule has 1 saturated heterocycles. The van der Waals surface area contributed by atoms with Gasteiger partial charge in [-0.15, -0.1) is 0 Å². The molecule has 1 aromatic carbocycles. The van der Waals surface area contributed by atoms with Crippen LogP contribution in [-0.4, -0.2) is 48.4 Å². The lowest BCUT2D eigenvalue weighted by atomic mass is 10.2. The van der Waals surface area contributed by atoms with Crippen molar-refractivity contribution in [1.29, 1.82) is 0 Å². The van der Waals surface area contributed by atoms with Crippen LogP contribution in [0.4, 0.5) is 5.82 Å². The molecule has 8 heteroatoms. The minimum absolute atomic E-state index is 0.0776. The van der Waals surface area contributed by atoms with Crippen molar-refractivity contribution in [3.63, 3.8) is 0 Å². The smallest absolute Gasteiger partial charge is 0.162 e. The van der Waals surface area contributed by atoms with Gasteiger partial charge in [-0.05, 0) is 28.1 Å². The molecule has 0 bridgehead atoms. The van der Waals surface area contributed by atoms with Crippen LogP contribution < -0.4 is 19.1 Å². The number of rotatable bonds is 5. The molecule has 3 aromatic rings. The van der Waals surface area contributed by atoms with Crippen molar-refractivity contribution >= 4 is 32.7 Å². The minimum atomic E-state index is 0.0776. The number of methoxy groups -OCH3 is 2. The Balaban J connectivity index is 1.60. The van der Waals surface area contributed by atoms with Crippen molar-refractivity contribution in [2.45, 2.75) is 12.5 Å². The highest BCUT2D eigenvalue weighted by atomic mass is 79.9. The van der Waals surface area contributed by atoms with Crippen LogP contribution in [0, 0.1) is 0 Å². The lowest BCUT2D eigenvalue weighted by Gasteiger charge is -2.20. The molecule has 0 radical (unpaired) electrons. The summed E-state index contributed by atoms with van der Waals surface area (Å²) in [7, 11) is 3.24. The fraction of sp³-hybridized carbons (Fsp3) is 0.316. The lowest BCUT2D eigenvalue weighted by Crippen LogP contribution is -2.25. The molecule has 7 nitrogen and oxygen atoms in total. The van der Waals surface area contributed by atoms with Crippen LogP contribution in [0.1, 0.15) is 6.42 Å². The second kappa shape index (κ2) is 7.56. The van der Waals surface area contributed by atoms with E-state index >= 15 is 0 Å². The molecule has 1 aliphatic heterocycles. The minimum Gasteiger partial charge on any atom is -0.493 e. The third kappa shape index (κ3) is 3.49. The van der Waals surface area contributed by atoms with Gasteiger partial charge in [-0.1, -0.05) is 0 Å². The predicted molar refractivity (Wildman–Crippen MR) is 106 cm³/mol. The van der Waals surface area contributed by atoms with Gasteiger partial charge in [0.1, 0.15) is 24.0 Å². The summed E-state index contributed by atoms with van der Waals surface area (Å²) in [6, 6.07) is 5.67. The number of hydrogen-bond acceptors (Lipinski definition) is 7. The maximum absolute atomic E-state index is 6.13. The average molecular weight is 431 g/mol. The van der Waals surface area contributed by atoms with E-state index in [4.69, 9.17) is 14.2 Å². The van der Waals surface area contributed by atoms with Gasteiger partial charge in [-0.2, -0.15) is 0 Å². The number of ether oxygens (including phenoxy) is 3. The third-order valence-corrected chi connectivity index (χ3v) is 5.19. The topological polar surface area (TPSA) is 69.6 Å². The van der Waals surface area contributed by atoms with Crippen LogP contribution in [0.25, 0.3) is 10.9 Å². The predicted octanol–water partition coefficient (Wildman–Crippen LogP) is 3.46. The zero-order valence-corrected chi connectivity index (χ0v) is 16.6. The Morgan fingerprint density at radius 1 is 1.11 bits per heavy atom. The number of nitrogens with zero attached hydrogens (tertiary/aromatic N) is 4. The summed E-state index contributed by atoms with van der Waals surface area (Å²) in [6.07, 6.45) is 6.03. The first-order chi connectivity index (χ1) is 13.2. The first-order valence-corrected chi connectivity index (χ1v) is 9.36. The first-order valence-electron chi connectivity index (χ1n) is 8.57. The van der Waals surface area contributed by atoms with Gasteiger partial charge in [-0.25, -0.2) is 9.97 Å². The van der Waals surface area contributed by atoms with Gasteiger partial charge in [-0.3, -0.25) is 4.98 Å². The molecule has 140 valence electrons. The molecule has 2 aromatic heterocycles. The van der Waals surface area contributed by atoms with Crippen LogP contribution >= 0.6 is 15.9 Å². The number of benzene rings is 1. The van der Waals surface area contributed by atoms with Gasteiger partial charge in [0.25, 0.3) is 0 Å². The Hall–Kier alpha value is -2.61. The van der Waals surface area contributed by atoms with Crippen molar-refractivity contribution in [2.24, 2.45) is 0 Å². The maximum atomic E-state index is 6.13. The summed E-state index contributed by atoms with van der Waals surface area (Å²) in [4.78, 5) is 15.2. The van der Waals surface area contributed by atoms with Crippen molar-refractivity contribution in [3.05, 3.63) is 41.4 Å². The fourth-order valence-corrected chi connectivity index (χ4v) is 3.62. The molecule has 0 N–H and O–H groups in total. The fourth-order valence-electron chi connectivity index (χ4n) is 3.28. The van der Waals surface area contributed by atoms with Crippen LogP contribution in [0.3, 0.4) is 0 Å². The molecule has 4 rings (SSSR count). The Labute approximate surface area is 165 Å². The quantitative estimate of drug-likeness (QED) is 0.613. The van der Waals surface area contributed by atoms with Gasteiger partial charge in [0.2, 0.25) is 0 Å². The molecule has 0 spiro atoms. The molecule has 1 unspecified atom stereocenters. The average Bonchev–Trinajstić information content (AvgIpc) is 3.16. The van der Waals surface area contributed by atoms with E-state index in [9.17, 15) is 0 Å². The number of pyridine rings is 1. The third-order valence-electron chi connectivity index (χ3n) is 4.59. The molecule has 0 aliphatic carbocycles. The highest BCUT2D eigenvalue weighted by Gasteiger charge is 2.27. The highest BCUT2D eigenvalue weighted by Crippen LogP contribution is 2.36. The molecule has 3 heterocycles. The Bertz CT molecular complexity index is 969. The Morgan fingerprint density at radius 2 is 1.93 bits per heavy atom. The molecule has 1 fully saturated rings. The second-order valence-electron chi connectivity index (χ2n) is 6.20. The lowest BCUT2D eigenvalue weighted by molar-refractivity contribution is 0.223. The van der Waals surface area contributed by atoms with E-state index < -0.39 is 0 Å². The summed E-state index contributed by atoms with van der Waals surface area (Å²) in [6.45, 7) is 1.60. The highest BCUT2D eigenvalue weighted by molar-refractivity contribution is 9.10. The van der Waals surface area contributed by atoms with Gasteiger partial charge in [0, 0.05) is 36.8 Å². The Morgan fingerprint density at radius 3 is 2.70 bits per heavy atom. The molecule has 1 atom stereocenters. The number of aromatic nitrogens is 3. The first kappa shape index (κ1) is 17.8. The van der Waals surface area contributed by atoms with Gasteiger partial charge >= 0.3 is 0 Å². The molecule has 1 aliphatic rings. The zero-order valence-electron chi connectivity index (χ0n) is 15.1. The number of fused-ring (bicyclic) bond motifs is 1. The van der Waals surface area contributed by atoms with Crippen molar-refractivity contribution in [2.75, 3.05) is 32.2 Å². The zero-order chi connectivity index (χ0) is 18.8. The Kier molecular flexibility index (Phi) is 4.98. The van der Waals surface area contributed by atoms with E-state index in [-0.39, 0.29) is 6.10 Å². The van der Waals surface area contributed by atoms with Crippen molar-refractivity contribution in [1.82, 2.24) is 15.0 Å². The summed E-state index contributed by atoms with van der Waals surface area (Å²) >= 11 is 3.48. The van der Waals surface area contributed by atoms with Gasteiger partial charge in [0.05, 0.1) is 30.8 Å². The molecule has 0 saturated carbocycles. The summed E-state index contributed by atoms with van der Waals surface area (Å²) in [5, 5.41) is 0.931. The molecular weight excluding hydrogens is 412 g/mol. The van der Waals surface area contributed by atoms with Crippen molar-refractivity contribution < 1.29 is 14.2 Å².